The SMILES string of the molecule is COc1ccc2sc(N(Cc3ccco3)C(=O)Cc3ccc(SC(C)C)cc3)nc2c1. The Morgan fingerprint density at radius 1 is 1.19 bits per heavy atom. The first-order valence-electron chi connectivity index (χ1n) is 10.0. The first kappa shape index (κ1) is 21.5. The molecule has 2 heterocycles. The Morgan fingerprint density at radius 3 is 2.68 bits per heavy atom. The van der Waals surface area contributed by atoms with Gasteiger partial charge in [0.1, 0.15) is 11.5 Å². The number of hydrogen-bond acceptors (Lipinski definition) is 6. The highest BCUT2D eigenvalue weighted by Gasteiger charge is 2.22. The normalized spacial score (nSPS) is 11.2. The average Bonchev–Trinajstić information content (AvgIpc) is 3.41. The molecule has 2 aromatic carbocycles. The molecule has 0 fully saturated rings. The molecule has 0 aliphatic heterocycles. The van der Waals surface area contributed by atoms with Crippen molar-refractivity contribution in [1.29, 1.82) is 0 Å². The number of rotatable bonds is 8. The number of thiazole rings is 1. The Balaban J connectivity index is 1.59. The number of thioether (sulfide) groups is 1. The number of anilines is 1. The van der Waals surface area contributed by atoms with E-state index in [1.165, 1.54) is 16.2 Å². The Kier molecular flexibility index (Phi) is 6.63. The third-order valence-electron chi connectivity index (χ3n) is 4.66. The number of amides is 1. The number of benzene rings is 2. The predicted octanol–water partition coefficient (Wildman–Crippen LogP) is 6.17. The van der Waals surface area contributed by atoms with Gasteiger partial charge >= 0.3 is 0 Å². The minimum atomic E-state index is -0.0216. The third kappa shape index (κ3) is 5.29. The fourth-order valence-electron chi connectivity index (χ4n) is 3.19. The Morgan fingerprint density at radius 2 is 2.00 bits per heavy atom. The molecule has 4 aromatic rings. The maximum absolute atomic E-state index is 13.3. The van der Waals surface area contributed by atoms with Crippen LogP contribution in [0.3, 0.4) is 0 Å². The van der Waals surface area contributed by atoms with Crippen molar-refractivity contribution in [3.63, 3.8) is 0 Å². The van der Waals surface area contributed by atoms with Crippen LogP contribution in [0.25, 0.3) is 10.2 Å². The van der Waals surface area contributed by atoms with Gasteiger partial charge in [-0.25, -0.2) is 4.98 Å². The van der Waals surface area contributed by atoms with E-state index in [9.17, 15) is 4.79 Å². The van der Waals surface area contributed by atoms with E-state index in [1.54, 1.807) is 18.3 Å². The van der Waals surface area contributed by atoms with E-state index >= 15 is 0 Å². The molecule has 0 atom stereocenters. The molecular weight excluding hydrogens is 428 g/mol. The summed E-state index contributed by atoms with van der Waals surface area (Å²) >= 11 is 3.30. The third-order valence-corrected chi connectivity index (χ3v) is 6.74. The Hall–Kier alpha value is -2.77. The largest absolute Gasteiger partial charge is 0.497 e. The van der Waals surface area contributed by atoms with Gasteiger partial charge < -0.3 is 9.15 Å². The van der Waals surface area contributed by atoms with Crippen molar-refractivity contribution in [3.05, 3.63) is 72.2 Å². The lowest BCUT2D eigenvalue weighted by Gasteiger charge is -2.19. The summed E-state index contributed by atoms with van der Waals surface area (Å²) < 4.78 is 11.8. The van der Waals surface area contributed by atoms with Crippen molar-refractivity contribution >= 4 is 44.4 Å². The first-order valence-corrected chi connectivity index (χ1v) is 11.7. The predicted molar refractivity (Wildman–Crippen MR) is 127 cm³/mol. The summed E-state index contributed by atoms with van der Waals surface area (Å²) in [4.78, 5) is 20.9. The van der Waals surface area contributed by atoms with Gasteiger partial charge in [-0.15, -0.1) is 11.8 Å². The fourth-order valence-corrected chi connectivity index (χ4v) is 4.99. The van der Waals surface area contributed by atoms with Crippen molar-refractivity contribution in [1.82, 2.24) is 4.98 Å². The summed E-state index contributed by atoms with van der Waals surface area (Å²) in [6.45, 7) is 4.68. The highest BCUT2D eigenvalue weighted by Crippen LogP contribution is 2.32. The molecule has 0 aliphatic rings. The Bertz CT molecular complexity index is 1150. The summed E-state index contributed by atoms with van der Waals surface area (Å²) in [5, 5.41) is 1.17. The lowest BCUT2D eigenvalue weighted by Crippen LogP contribution is -2.31. The van der Waals surface area contributed by atoms with Crippen LogP contribution in [-0.4, -0.2) is 23.3 Å². The van der Waals surface area contributed by atoms with E-state index in [1.807, 2.05) is 54.2 Å². The van der Waals surface area contributed by atoms with Crippen LogP contribution in [0.5, 0.6) is 5.75 Å². The molecule has 1 amide bonds. The lowest BCUT2D eigenvalue weighted by molar-refractivity contribution is -0.118. The number of methoxy groups -OCH3 is 1. The summed E-state index contributed by atoms with van der Waals surface area (Å²) in [6, 6.07) is 17.7. The highest BCUT2D eigenvalue weighted by atomic mass is 32.2. The minimum absolute atomic E-state index is 0.0216. The van der Waals surface area contributed by atoms with Gasteiger partial charge in [0.05, 0.1) is 36.6 Å². The van der Waals surface area contributed by atoms with Crippen LogP contribution in [0.2, 0.25) is 0 Å². The maximum atomic E-state index is 13.3. The van der Waals surface area contributed by atoms with E-state index in [-0.39, 0.29) is 5.91 Å². The lowest BCUT2D eigenvalue weighted by atomic mass is 10.1. The van der Waals surface area contributed by atoms with Gasteiger partial charge in [0.25, 0.3) is 0 Å². The number of furan rings is 1. The molecule has 0 bridgehead atoms. The van der Waals surface area contributed by atoms with E-state index in [0.717, 1.165) is 21.5 Å². The zero-order valence-electron chi connectivity index (χ0n) is 17.7. The average molecular weight is 453 g/mol. The number of aromatic nitrogens is 1. The van der Waals surface area contributed by atoms with Crippen molar-refractivity contribution in [2.24, 2.45) is 0 Å². The molecule has 0 N–H and O–H groups in total. The molecular formula is C24H24N2O3S2. The standard InChI is InChI=1S/C24H24N2O3S2/c1-16(2)30-20-9-6-17(7-10-20)13-23(27)26(15-19-5-4-12-29-19)24-25-21-14-18(28-3)8-11-22(21)31-24/h4-12,14,16H,13,15H2,1-3H3. The molecule has 160 valence electrons. The minimum Gasteiger partial charge on any atom is -0.497 e. The second-order valence-corrected chi connectivity index (χ2v) is 10.0. The molecule has 0 saturated heterocycles. The van der Waals surface area contributed by atoms with E-state index in [0.29, 0.717) is 29.1 Å². The van der Waals surface area contributed by atoms with Crippen molar-refractivity contribution in [2.75, 3.05) is 12.0 Å². The molecule has 0 spiro atoms. The van der Waals surface area contributed by atoms with Crippen LogP contribution in [0.1, 0.15) is 25.2 Å². The van der Waals surface area contributed by atoms with Gasteiger partial charge in [-0.1, -0.05) is 37.3 Å². The molecule has 2 aromatic heterocycles. The number of carbonyl (C=O) groups excluding carboxylic acids is 1. The summed E-state index contributed by atoms with van der Waals surface area (Å²) in [7, 11) is 1.63. The van der Waals surface area contributed by atoms with Crippen LogP contribution in [-0.2, 0) is 17.8 Å². The highest BCUT2D eigenvalue weighted by molar-refractivity contribution is 7.99. The van der Waals surface area contributed by atoms with Crippen LogP contribution in [0.4, 0.5) is 5.13 Å². The molecule has 0 aliphatic carbocycles. The number of nitrogens with zero attached hydrogens (tertiary/aromatic N) is 2. The second kappa shape index (κ2) is 9.58. The summed E-state index contributed by atoms with van der Waals surface area (Å²) in [6.07, 6.45) is 1.92. The van der Waals surface area contributed by atoms with Gasteiger partial charge in [-0.05, 0) is 42.0 Å². The number of carbonyl (C=O) groups is 1. The quantitative estimate of drug-likeness (QED) is 0.299. The topological polar surface area (TPSA) is 55.6 Å². The van der Waals surface area contributed by atoms with E-state index in [4.69, 9.17) is 14.1 Å². The van der Waals surface area contributed by atoms with E-state index in [2.05, 4.69) is 26.0 Å². The van der Waals surface area contributed by atoms with Crippen LogP contribution in [0, 0.1) is 0 Å². The van der Waals surface area contributed by atoms with Crippen LogP contribution >= 0.6 is 23.1 Å². The number of ether oxygens (including phenoxy) is 1. The number of fused-ring (bicyclic) bond motifs is 1. The molecule has 7 heteroatoms. The Labute approximate surface area is 190 Å². The van der Waals surface area contributed by atoms with Crippen molar-refractivity contribution < 1.29 is 13.9 Å². The van der Waals surface area contributed by atoms with Crippen molar-refractivity contribution in [3.8, 4) is 5.75 Å². The molecule has 31 heavy (non-hydrogen) atoms. The van der Waals surface area contributed by atoms with Crippen LogP contribution in [0.15, 0.2) is 70.2 Å². The second-order valence-electron chi connectivity index (χ2n) is 7.38. The zero-order chi connectivity index (χ0) is 21.8. The number of hydrogen-bond donors (Lipinski definition) is 0. The smallest absolute Gasteiger partial charge is 0.233 e. The monoisotopic (exact) mass is 452 g/mol. The molecule has 5 nitrogen and oxygen atoms in total. The molecule has 0 unspecified atom stereocenters. The molecule has 0 radical (unpaired) electrons. The van der Waals surface area contributed by atoms with Gasteiger partial charge in [-0.2, -0.15) is 0 Å². The fraction of sp³-hybridized carbons (Fsp3) is 0.250. The van der Waals surface area contributed by atoms with Gasteiger partial charge in [-0.3, -0.25) is 9.69 Å². The van der Waals surface area contributed by atoms with Crippen molar-refractivity contribution in [2.45, 2.75) is 37.0 Å². The zero-order valence-corrected chi connectivity index (χ0v) is 19.3. The van der Waals surface area contributed by atoms with Gasteiger partial charge in [0, 0.05) is 16.2 Å². The van der Waals surface area contributed by atoms with Crippen LogP contribution < -0.4 is 9.64 Å². The van der Waals surface area contributed by atoms with E-state index < -0.39 is 0 Å². The van der Waals surface area contributed by atoms with Gasteiger partial charge in [0.2, 0.25) is 5.91 Å². The van der Waals surface area contributed by atoms with Gasteiger partial charge in [0.15, 0.2) is 5.13 Å². The molecule has 0 saturated carbocycles. The molecule has 4 rings (SSSR count). The maximum Gasteiger partial charge on any atom is 0.233 e. The summed E-state index contributed by atoms with van der Waals surface area (Å²) in [5.41, 5.74) is 1.79. The summed E-state index contributed by atoms with van der Waals surface area (Å²) in [5.74, 6) is 1.44. The first-order chi connectivity index (χ1) is 15.0.